The summed E-state index contributed by atoms with van der Waals surface area (Å²) in [7, 11) is 0. The Kier molecular flexibility index (Phi) is 4.72. The van der Waals surface area contributed by atoms with Gasteiger partial charge in [0, 0.05) is 28.6 Å². The number of pyridine rings is 1. The Morgan fingerprint density at radius 1 is 1.00 bits per heavy atom. The zero-order valence-corrected chi connectivity index (χ0v) is 19.4. The van der Waals surface area contributed by atoms with E-state index < -0.39 is 0 Å². The topological polar surface area (TPSA) is 95.6 Å². The molecule has 170 valence electrons. The van der Waals surface area contributed by atoms with E-state index in [1.54, 1.807) is 0 Å². The van der Waals surface area contributed by atoms with Crippen molar-refractivity contribution in [3.63, 3.8) is 0 Å². The van der Waals surface area contributed by atoms with E-state index in [9.17, 15) is 4.79 Å². The lowest BCUT2D eigenvalue weighted by Crippen LogP contribution is -2.16. The average Bonchev–Trinajstić information content (AvgIpc) is 3.52. The minimum absolute atomic E-state index is 0.0103. The lowest BCUT2D eigenvalue weighted by atomic mass is 10.0. The summed E-state index contributed by atoms with van der Waals surface area (Å²) in [5.74, 6) is 1.85. The second-order valence-corrected chi connectivity index (χ2v) is 9.37. The second-order valence-electron chi connectivity index (χ2n) is 9.37. The van der Waals surface area contributed by atoms with E-state index in [-0.39, 0.29) is 11.9 Å². The molecule has 2 aromatic heterocycles. The molecule has 0 saturated heterocycles. The Hall–Kier alpha value is -4.00. The van der Waals surface area contributed by atoms with E-state index in [0.717, 1.165) is 50.7 Å². The smallest absolute Gasteiger partial charge is 0.252 e. The number of hydrogen-bond donors (Lipinski definition) is 3. The highest BCUT2D eigenvalue weighted by atomic mass is 16.2. The van der Waals surface area contributed by atoms with Crippen LogP contribution in [0.4, 0.5) is 11.6 Å². The van der Waals surface area contributed by atoms with E-state index >= 15 is 0 Å². The molecule has 1 unspecified atom stereocenters. The molecule has 1 amide bonds. The first-order chi connectivity index (χ1) is 16.5. The van der Waals surface area contributed by atoms with Crippen LogP contribution in [0.3, 0.4) is 0 Å². The molecule has 34 heavy (non-hydrogen) atoms. The maximum Gasteiger partial charge on any atom is 0.252 e. The summed E-state index contributed by atoms with van der Waals surface area (Å²) in [6.07, 6.45) is 4.45. The molecule has 3 heterocycles. The largest absolute Gasteiger partial charge is 0.345 e. The van der Waals surface area contributed by atoms with Gasteiger partial charge in [0.05, 0.1) is 11.7 Å². The number of amides is 1. The van der Waals surface area contributed by atoms with Crippen LogP contribution in [0.5, 0.6) is 0 Å². The lowest BCUT2D eigenvalue weighted by molar-refractivity contribution is 0.0958. The summed E-state index contributed by atoms with van der Waals surface area (Å²) in [6.45, 7) is 6.02. The first-order valence-electron chi connectivity index (χ1n) is 11.7. The van der Waals surface area contributed by atoms with Crippen molar-refractivity contribution in [3.05, 3.63) is 76.5 Å². The SMILES string of the molecule is Cc1cc2c(cc1Nc1n[nH]c(-c3cnc(-c4ccc(C5CC5)cc4)c(C)c3)n1)C(C)NC2=O. The molecule has 1 aliphatic carbocycles. The monoisotopic (exact) mass is 450 g/mol. The third-order valence-electron chi connectivity index (χ3n) is 6.77. The quantitative estimate of drug-likeness (QED) is 0.369. The van der Waals surface area contributed by atoms with Gasteiger partial charge in [0.2, 0.25) is 5.95 Å². The Morgan fingerprint density at radius 3 is 2.53 bits per heavy atom. The normalized spacial score (nSPS) is 16.9. The number of carbonyl (C=O) groups excluding carboxylic acids is 1. The van der Waals surface area contributed by atoms with Crippen LogP contribution in [-0.4, -0.2) is 26.1 Å². The Balaban J connectivity index is 1.23. The molecule has 0 radical (unpaired) electrons. The molecule has 1 fully saturated rings. The van der Waals surface area contributed by atoms with Gasteiger partial charge < -0.3 is 10.6 Å². The maximum atomic E-state index is 12.1. The fourth-order valence-corrected chi connectivity index (χ4v) is 4.67. The van der Waals surface area contributed by atoms with E-state index in [2.05, 4.69) is 63.1 Å². The van der Waals surface area contributed by atoms with Crippen LogP contribution in [0.2, 0.25) is 0 Å². The van der Waals surface area contributed by atoms with Crippen LogP contribution in [0.1, 0.15) is 64.3 Å². The first-order valence-corrected chi connectivity index (χ1v) is 11.7. The third-order valence-corrected chi connectivity index (χ3v) is 6.77. The van der Waals surface area contributed by atoms with Crippen molar-refractivity contribution in [3.8, 4) is 22.6 Å². The minimum atomic E-state index is -0.0255. The maximum absolute atomic E-state index is 12.1. The van der Waals surface area contributed by atoms with Gasteiger partial charge in [-0.05, 0) is 80.0 Å². The molecule has 7 heteroatoms. The molecule has 7 nitrogen and oxygen atoms in total. The summed E-state index contributed by atoms with van der Waals surface area (Å²) in [4.78, 5) is 21.4. The van der Waals surface area contributed by atoms with Crippen molar-refractivity contribution in [2.24, 2.45) is 0 Å². The highest BCUT2D eigenvalue weighted by molar-refractivity contribution is 6.00. The fourth-order valence-electron chi connectivity index (χ4n) is 4.67. The van der Waals surface area contributed by atoms with E-state index in [0.29, 0.717) is 11.8 Å². The molecular weight excluding hydrogens is 424 g/mol. The molecule has 4 aromatic rings. The highest BCUT2D eigenvalue weighted by Gasteiger charge is 2.26. The molecule has 0 bridgehead atoms. The number of benzene rings is 2. The van der Waals surface area contributed by atoms with Crippen LogP contribution >= 0.6 is 0 Å². The van der Waals surface area contributed by atoms with Crippen molar-refractivity contribution in [2.45, 2.75) is 45.6 Å². The van der Waals surface area contributed by atoms with Gasteiger partial charge in [0.25, 0.3) is 5.91 Å². The number of aromatic amines is 1. The summed E-state index contributed by atoms with van der Waals surface area (Å²) >= 11 is 0. The van der Waals surface area contributed by atoms with Gasteiger partial charge in [-0.3, -0.25) is 14.9 Å². The van der Waals surface area contributed by atoms with Crippen LogP contribution in [0.15, 0.2) is 48.7 Å². The van der Waals surface area contributed by atoms with Crippen LogP contribution in [0.25, 0.3) is 22.6 Å². The number of nitrogens with zero attached hydrogens (tertiary/aromatic N) is 3. The highest BCUT2D eigenvalue weighted by Crippen LogP contribution is 2.40. The lowest BCUT2D eigenvalue weighted by Gasteiger charge is -2.10. The van der Waals surface area contributed by atoms with E-state index in [1.165, 1.54) is 18.4 Å². The van der Waals surface area contributed by atoms with Crippen molar-refractivity contribution in [2.75, 3.05) is 5.32 Å². The zero-order chi connectivity index (χ0) is 23.4. The van der Waals surface area contributed by atoms with Gasteiger partial charge in [-0.2, -0.15) is 4.98 Å². The molecule has 6 rings (SSSR count). The number of carbonyl (C=O) groups is 1. The van der Waals surface area contributed by atoms with Crippen molar-refractivity contribution in [1.82, 2.24) is 25.5 Å². The standard InChI is InChI=1S/C27H26N6O/c1-14-11-22-21(16(3)29-26(22)34)12-23(14)30-27-31-25(32-33-27)20-10-15(2)24(28-13-20)19-8-6-18(7-9-19)17-4-5-17/h6-13,16-17H,4-5H2,1-3H3,(H,29,34)(H2,30,31,32,33). The molecular formula is C27H26N6O. The predicted molar refractivity (Wildman–Crippen MR) is 132 cm³/mol. The molecule has 2 aromatic carbocycles. The van der Waals surface area contributed by atoms with Gasteiger partial charge in [-0.15, -0.1) is 5.10 Å². The summed E-state index contributed by atoms with van der Waals surface area (Å²) < 4.78 is 0. The van der Waals surface area contributed by atoms with Gasteiger partial charge in [-0.1, -0.05) is 24.3 Å². The number of fused-ring (bicyclic) bond motifs is 1. The minimum Gasteiger partial charge on any atom is -0.345 e. The molecule has 0 spiro atoms. The number of anilines is 2. The summed E-state index contributed by atoms with van der Waals surface area (Å²) in [5.41, 5.74) is 9.06. The van der Waals surface area contributed by atoms with Crippen LogP contribution < -0.4 is 10.6 Å². The van der Waals surface area contributed by atoms with Crippen LogP contribution in [-0.2, 0) is 0 Å². The van der Waals surface area contributed by atoms with E-state index in [4.69, 9.17) is 4.98 Å². The number of nitrogens with one attached hydrogen (secondary N) is 3. The van der Waals surface area contributed by atoms with Crippen LogP contribution in [0, 0.1) is 13.8 Å². The Bertz CT molecular complexity index is 1420. The van der Waals surface area contributed by atoms with E-state index in [1.807, 2.05) is 32.2 Å². The van der Waals surface area contributed by atoms with Crippen molar-refractivity contribution in [1.29, 1.82) is 0 Å². The molecule has 3 N–H and O–H groups in total. The zero-order valence-electron chi connectivity index (χ0n) is 19.4. The molecule has 1 aliphatic heterocycles. The Labute approximate surface area is 198 Å². The van der Waals surface area contributed by atoms with Gasteiger partial charge in [-0.25, -0.2) is 0 Å². The van der Waals surface area contributed by atoms with Gasteiger partial charge in [0.1, 0.15) is 0 Å². The average molecular weight is 451 g/mol. The number of hydrogen-bond acceptors (Lipinski definition) is 5. The molecule has 1 saturated carbocycles. The number of H-pyrrole nitrogens is 1. The van der Waals surface area contributed by atoms with Gasteiger partial charge >= 0.3 is 0 Å². The van der Waals surface area contributed by atoms with Gasteiger partial charge in [0.15, 0.2) is 5.82 Å². The Morgan fingerprint density at radius 2 is 1.79 bits per heavy atom. The third kappa shape index (κ3) is 3.63. The first kappa shape index (κ1) is 20.6. The summed E-state index contributed by atoms with van der Waals surface area (Å²) in [6, 6.07) is 14.8. The van der Waals surface area contributed by atoms with Crippen molar-refractivity contribution < 1.29 is 4.79 Å². The predicted octanol–water partition coefficient (Wildman–Crippen LogP) is 5.58. The van der Waals surface area contributed by atoms with Crippen molar-refractivity contribution >= 4 is 17.5 Å². The molecule has 1 atom stereocenters. The second kappa shape index (κ2) is 7.80. The summed E-state index contributed by atoms with van der Waals surface area (Å²) in [5, 5.41) is 13.6. The number of aromatic nitrogens is 4. The number of rotatable bonds is 5. The molecule has 2 aliphatic rings. The number of aryl methyl sites for hydroxylation is 2. The fraction of sp³-hybridized carbons (Fsp3) is 0.259.